The van der Waals surface area contributed by atoms with Gasteiger partial charge in [-0.25, -0.2) is 0 Å². The first-order valence-corrected chi connectivity index (χ1v) is 18.4. The molecule has 0 aromatic heterocycles. The van der Waals surface area contributed by atoms with Gasteiger partial charge in [-0.1, -0.05) is 50.7 Å². The first-order chi connectivity index (χ1) is 24.3. The van der Waals surface area contributed by atoms with Crippen LogP contribution in [0.2, 0.25) is 0 Å². The third kappa shape index (κ3) is 17.0. The van der Waals surface area contributed by atoms with Gasteiger partial charge in [0.15, 0.2) is 12.6 Å². The molecule has 0 amide bonds. The van der Waals surface area contributed by atoms with Crippen LogP contribution < -0.4 is 0 Å². The van der Waals surface area contributed by atoms with Gasteiger partial charge in [0, 0.05) is 20.3 Å². The van der Waals surface area contributed by atoms with Crippen LogP contribution in [0.25, 0.3) is 0 Å². The van der Waals surface area contributed by atoms with Crippen LogP contribution in [0, 0.1) is 0 Å². The first kappa shape index (κ1) is 44.9. The van der Waals surface area contributed by atoms with E-state index in [2.05, 4.69) is 12.2 Å². The van der Waals surface area contributed by atoms with E-state index in [0.717, 1.165) is 77.6 Å². The number of hydrogen-bond acceptors (Lipinski definition) is 15. The summed E-state index contributed by atoms with van der Waals surface area (Å²) in [7, 11) is 0. The van der Waals surface area contributed by atoms with Crippen LogP contribution in [-0.4, -0.2) is 131 Å². The predicted octanol–water partition coefficient (Wildman–Crippen LogP) is 2.35. The Morgan fingerprint density at radius 3 is 1.73 bits per heavy atom. The molecule has 0 saturated carbocycles. The molecule has 5 N–H and O–H groups in total. The molecule has 0 bridgehead atoms. The smallest absolute Gasteiger partial charge is 0.305 e. The van der Waals surface area contributed by atoms with Crippen LogP contribution in [0.3, 0.4) is 0 Å². The fraction of sp³-hybridized carbons (Fsp3) is 0.861. The van der Waals surface area contributed by atoms with E-state index in [9.17, 15) is 39.9 Å². The van der Waals surface area contributed by atoms with Crippen molar-refractivity contribution in [2.75, 3.05) is 19.8 Å². The van der Waals surface area contributed by atoms with Gasteiger partial charge >= 0.3 is 17.9 Å². The molecule has 15 heteroatoms. The Balaban J connectivity index is 1.80. The molecule has 15 nitrogen and oxygen atoms in total. The second-order valence-electron chi connectivity index (χ2n) is 13.3. The zero-order valence-corrected chi connectivity index (χ0v) is 30.6. The average Bonchev–Trinajstić information content (AvgIpc) is 3.08. The molecule has 0 spiro atoms. The van der Waals surface area contributed by atoms with Crippen molar-refractivity contribution in [2.45, 2.75) is 179 Å². The Bertz CT molecular complexity index is 1020. The van der Waals surface area contributed by atoms with Crippen molar-refractivity contribution >= 4 is 17.9 Å². The molecule has 2 saturated heterocycles. The molecular formula is C36H62O15. The van der Waals surface area contributed by atoms with Crippen molar-refractivity contribution in [3.8, 4) is 0 Å². The number of carbonyl (C=O) groups excluding carboxylic acids is 3. The maximum absolute atomic E-state index is 11.4. The Labute approximate surface area is 301 Å². The molecule has 2 heterocycles. The molecule has 51 heavy (non-hydrogen) atoms. The van der Waals surface area contributed by atoms with Crippen molar-refractivity contribution in [3.05, 3.63) is 12.2 Å². The van der Waals surface area contributed by atoms with E-state index in [-0.39, 0.29) is 18.7 Å². The summed E-state index contributed by atoms with van der Waals surface area (Å²) in [4.78, 5) is 34.1. The van der Waals surface area contributed by atoms with Crippen LogP contribution in [-0.2, 0) is 47.5 Å². The highest BCUT2D eigenvalue weighted by molar-refractivity contribution is 5.69. The number of esters is 3. The van der Waals surface area contributed by atoms with Crippen molar-refractivity contribution < 1.29 is 73.1 Å². The second-order valence-corrected chi connectivity index (χ2v) is 13.3. The van der Waals surface area contributed by atoms with E-state index < -0.39 is 80.0 Å². The molecule has 296 valence electrons. The van der Waals surface area contributed by atoms with Crippen molar-refractivity contribution in [3.63, 3.8) is 0 Å². The third-order valence-electron chi connectivity index (χ3n) is 8.83. The summed E-state index contributed by atoms with van der Waals surface area (Å²) in [5.74, 6) is -1.37. The number of rotatable bonds is 24. The molecule has 0 radical (unpaired) electrons. The number of aliphatic hydroxyl groups is 5. The molecule has 0 aliphatic carbocycles. The summed E-state index contributed by atoms with van der Waals surface area (Å²) in [5, 5.41) is 53.2. The summed E-state index contributed by atoms with van der Waals surface area (Å²) in [5.41, 5.74) is 0. The zero-order chi connectivity index (χ0) is 37.8. The maximum Gasteiger partial charge on any atom is 0.305 e. The highest BCUT2D eigenvalue weighted by Gasteiger charge is 2.51. The van der Waals surface area contributed by atoms with Gasteiger partial charge in [-0.15, -0.1) is 0 Å². The van der Waals surface area contributed by atoms with E-state index in [4.69, 9.17) is 33.2 Å². The quantitative estimate of drug-likeness (QED) is 0.0416. The standard InChI is InChI=1S/C36H62O15/c1-5-45-28(39)20-18-16-14-12-10-8-6-7-9-11-13-15-17-19-23(2)48-36-34(32(43)30(41)27(50-36)22-47-25(4)38)51-35-33(44)31(42)29(40)26(49-35)21-46-24(3)37/h6-7,23,26-27,29-36,40-44H,5,8-22H2,1-4H3/b7-6-/t23?,26-,27-,29-,30-,31+,32+,33-,34-,35+,36-/m1/s1. The SMILES string of the molecule is CCOC(=O)CCCCCCC/C=C\CCCCCCC(C)O[C@@H]1O[C@H](COC(C)=O)[C@@H](O)[C@H](O)[C@H]1O[C@@H]1O[C@H](COC(C)=O)[C@@H](O)[C@H](O)[C@H]1O. The minimum Gasteiger partial charge on any atom is -0.466 e. The largest absolute Gasteiger partial charge is 0.466 e. The van der Waals surface area contributed by atoms with Crippen LogP contribution in [0.4, 0.5) is 0 Å². The average molecular weight is 735 g/mol. The Kier molecular flexibility index (Phi) is 22.0. The van der Waals surface area contributed by atoms with Crippen molar-refractivity contribution in [1.82, 2.24) is 0 Å². The van der Waals surface area contributed by atoms with E-state index in [0.29, 0.717) is 19.4 Å². The lowest BCUT2D eigenvalue weighted by Crippen LogP contribution is -2.65. The van der Waals surface area contributed by atoms with Gasteiger partial charge in [0.25, 0.3) is 0 Å². The van der Waals surface area contributed by atoms with Gasteiger partial charge in [0.2, 0.25) is 0 Å². The van der Waals surface area contributed by atoms with E-state index >= 15 is 0 Å². The molecule has 2 aliphatic heterocycles. The van der Waals surface area contributed by atoms with Crippen LogP contribution in [0.15, 0.2) is 12.2 Å². The lowest BCUT2D eigenvalue weighted by Gasteiger charge is -2.46. The van der Waals surface area contributed by atoms with Gasteiger partial charge < -0.3 is 58.7 Å². The lowest BCUT2D eigenvalue weighted by atomic mass is 9.97. The molecule has 2 aliphatic rings. The predicted molar refractivity (Wildman–Crippen MR) is 182 cm³/mol. The van der Waals surface area contributed by atoms with Gasteiger partial charge in [0.1, 0.15) is 62.0 Å². The van der Waals surface area contributed by atoms with Gasteiger partial charge in [-0.05, 0) is 52.4 Å². The summed E-state index contributed by atoms with van der Waals surface area (Å²) in [6, 6.07) is 0. The molecule has 0 aromatic rings. The Hall–Kier alpha value is -2.21. The molecule has 2 rings (SSSR count). The Morgan fingerprint density at radius 1 is 0.647 bits per heavy atom. The number of unbranched alkanes of at least 4 members (excludes halogenated alkanes) is 9. The highest BCUT2D eigenvalue weighted by Crippen LogP contribution is 2.31. The first-order valence-electron chi connectivity index (χ1n) is 18.4. The van der Waals surface area contributed by atoms with E-state index in [1.165, 1.54) is 6.92 Å². The van der Waals surface area contributed by atoms with Crippen LogP contribution >= 0.6 is 0 Å². The number of hydrogen-bond donors (Lipinski definition) is 5. The van der Waals surface area contributed by atoms with E-state index in [1.54, 1.807) is 0 Å². The third-order valence-corrected chi connectivity index (χ3v) is 8.83. The van der Waals surface area contributed by atoms with Gasteiger partial charge in [-0.3, -0.25) is 14.4 Å². The molecular weight excluding hydrogens is 672 g/mol. The molecule has 1 unspecified atom stereocenters. The minimum atomic E-state index is -1.77. The summed E-state index contributed by atoms with van der Waals surface area (Å²) < 4.78 is 38.3. The summed E-state index contributed by atoms with van der Waals surface area (Å²) >= 11 is 0. The van der Waals surface area contributed by atoms with Crippen LogP contribution in [0.1, 0.15) is 111 Å². The van der Waals surface area contributed by atoms with Crippen molar-refractivity contribution in [1.29, 1.82) is 0 Å². The fourth-order valence-corrected chi connectivity index (χ4v) is 5.89. The molecule has 2 fully saturated rings. The number of allylic oxidation sites excluding steroid dienone is 2. The zero-order valence-electron chi connectivity index (χ0n) is 30.6. The summed E-state index contributed by atoms with van der Waals surface area (Å²) in [6.07, 6.45) is 1.42. The fourth-order valence-electron chi connectivity index (χ4n) is 5.89. The second kappa shape index (κ2) is 24.9. The number of ether oxygens (including phenoxy) is 7. The number of aliphatic hydroxyl groups excluding tert-OH is 5. The number of carbonyl (C=O) groups is 3. The highest BCUT2D eigenvalue weighted by atomic mass is 16.8. The normalized spacial score (nSPS) is 30.2. The monoisotopic (exact) mass is 734 g/mol. The molecule has 0 aromatic carbocycles. The summed E-state index contributed by atoms with van der Waals surface area (Å²) in [6.45, 7) is 5.63. The topological polar surface area (TPSA) is 217 Å². The maximum atomic E-state index is 11.4. The van der Waals surface area contributed by atoms with Crippen molar-refractivity contribution in [2.24, 2.45) is 0 Å². The Morgan fingerprint density at radius 2 is 1.16 bits per heavy atom. The minimum absolute atomic E-state index is 0.112. The van der Waals surface area contributed by atoms with E-state index in [1.807, 2.05) is 13.8 Å². The van der Waals surface area contributed by atoms with Gasteiger partial charge in [0.05, 0.1) is 12.7 Å². The lowest BCUT2D eigenvalue weighted by molar-refractivity contribution is -0.371. The van der Waals surface area contributed by atoms with Gasteiger partial charge in [-0.2, -0.15) is 0 Å². The van der Waals surface area contributed by atoms with Crippen LogP contribution in [0.5, 0.6) is 0 Å². The molecule has 11 atom stereocenters.